The van der Waals surface area contributed by atoms with Gasteiger partial charge in [0.05, 0.1) is 12.1 Å². The molecule has 2 saturated carbocycles. The number of alkyl halides is 1. The second-order valence-corrected chi connectivity index (χ2v) is 7.71. The van der Waals surface area contributed by atoms with E-state index in [1.165, 1.54) is 6.20 Å². The van der Waals surface area contributed by atoms with E-state index in [0.717, 1.165) is 25.7 Å². The van der Waals surface area contributed by atoms with Crippen LogP contribution in [0.4, 0.5) is 0 Å². The van der Waals surface area contributed by atoms with Crippen molar-refractivity contribution < 1.29 is 8.42 Å². The van der Waals surface area contributed by atoms with Crippen molar-refractivity contribution >= 4 is 21.6 Å². The molecule has 0 saturated heterocycles. The molecule has 2 fully saturated rings. The predicted octanol–water partition coefficient (Wildman–Crippen LogP) is 1.96. The van der Waals surface area contributed by atoms with E-state index in [2.05, 4.69) is 10.2 Å². The maximum absolute atomic E-state index is 12.7. The van der Waals surface area contributed by atoms with Crippen LogP contribution in [0.5, 0.6) is 0 Å². The largest absolute Gasteiger partial charge is 0.266 e. The number of halogens is 1. The van der Waals surface area contributed by atoms with Crippen LogP contribution in [0.15, 0.2) is 11.2 Å². The molecule has 106 valence electrons. The summed E-state index contributed by atoms with van der Waals surface area (Å²) < 4.78 is 27.0. The van der Waals surface area contributed by atoms with Gasteiger partial charge in [-0.05, 0) is 37.5 Å². The Labute approximate surface area is 118 Å². The van der Waals surface area contributed by atoms with Crippen molar-refractivity contribution in [2.75, 3.05) is 13.1 Å². The lowest BCUT2D eigenvalue weighted by Crippen LogP contribution is -2.35. The molecule has 1 N–H and O–H groups in total. The minimum absolute atomic E-state index is 0.158. The third-order valence-electron chi connectivity index (χ3n) is 3.74. The molecule has 0 spiro atoms. The van der Waals surface area contributed by atoms with Crippen LogP contribution in [0, 0.1) is 11.8 Å². The first-order valence-electron chi connectivity index (χ1n) is 6.69. The molecule has 0 bridgehead atoms. The van der Waals surface area contributed by atoms with E-state index < -0.39 is 10.0 Å². The van der Waals surface area contributed by atoms with Gasteiger partial charge in [-0.15, -0.1) is 11.6 Å². The standard InChI is InChI=1S/C12H18ClN3O2S/c13-5-11-6-14-15-12(11)19(17,18)16(7-9-1-2-9)8-10-3-4-10/h6,9-10H,1-5,7-8H2,(H,14,15). The lowest BCUT2D eigenvalue weighted by Gasteiger charge is -2.21. The Balaban J connectivity index is 1.85. The van der Waals surface area contributed by atoms with E-state index >= 15 is 0 Å². The smallest absolute Gasteiger partial charge is 0.260 e. The highest BCUT2D eigenvalue weighted by Crippen LogP contribution is 2.36. The maximum atomic E-state index is 12.7. The van der Waals surface area contributed by atoms with Crippen molar-refractivity contribution in [2.45, 2.75) is 36.6 Å². The van der Waals surface area contributed by atoms with Crippen molar-refractivity contribution in [1.29, 1.82) is 0 Å². The minimum atomic E-state index is -3.48. The van der Waals surface area contributed by atoms with Crippen LogP contribution in [-0.2, 0) is 15.9 Å². The van der Waals surface area contributed by atoms with Crippen LogP contribution in [0.1, 0.15) is 31.2 Å². The average molecular weight is 304 g/mol. The Morgan fingerprint density at radius 1 is 1.26 bits per heavy atom. The Morgan fingerprint density at radius 2 is 1.84 bits per heavy atom. The van der Waals surface area contributed by atoms with Crippen LogP contribution in [0.25, 0.3) is 0 Å². The van der Waals surface area contributed by atoms with Gasteiger partial charge in [0.15, 0.2) is 5.03 Å². The molecule has 0 aliphatic heterocycles. The number of nitrogens with zero attached hydrogens (tertiary/aromatic N) is 2. The predicted molar refractivity (Wildman–Crippen MR) is 72.4 cm³/mol. The molecule has 3 rings (SSSR count). The highest BCUT2D eigenvalue weighted by Gasteiger charge is 2.37. The van der Waals surface area contributed by atoms with Crippen LogP contribution in [0.3, 0.4) is 0 Å². The topological polar surface area (TPSA) is 66.1 Å². The van der Waals surface area contributed by atoms with Crippen LogP contribution >= 0.6 is 11.6 Å². The van der Waals surface area contributed by atoms with Crippen molar-refractivity contribution in [3.63, 3.8) is 0 Å². The van der Waals surface area contributed by atoms with Gasteiger partial charge >= 0.3 is 0 Å². The molecule has 5 nitrogen and oxygen atoms in total. The molecule has 0 atom stereocenters. The Kier molecular flexibility index (Phi) is 3.57. The van der Waals surface area contributed by atoms with E-state index in [-0.39, 0.29) is 10.9 Å². The molecular formula is C12H18ClN3O2S. The first kappa shape index (κ1) is 13.4. The zero-order chi connectivity index (χ0) is 13.5. The second kappa shape index (κ2) is 5.07. The average Bonchev–Trinajstić information content (AvgIpc) is 3.30. The Morgan fingerprint density at radius 3 is 2.32 bits per heavy atom. The van der Waals surface area contributed by atoms with Gasteiger partial charge in [0.25, 0.3) is 10.0 Å². The summed E-state index contributed by atoms with van der Waals surface area (Å²) in [5, 5.41) is 6.59. The molecule has 1 aromatic rings. The molecule has 0 radical (unpaired) electrons. The molecule has 2 aliphatic rings. The van der Waals surface area contributed by atoms with Crippen LogP contribution in [0.2, 0.25) is 0 Å². The first-order valence-corrected chi connectivity index (χ1v) is 8.67. The highest BCUT2D eigenvalue weighted by molar-refractivity contribution is 7.89. The van der Waals surface area contributed by atoms with E-state index in [4.69, 9.17) is 11.6 Å². The molecule has 1 aromatic heterocycles. The fourth-order valence-corrected chi connectivity index (χ4v) is 4.17. The summed E-state index contributed by atoms with van der Waals surface area (Å²) in [6, 6.07) is 0. The van der Waals surface area contributed by atoms with Gasteiger partial charge in [-0.1, -0.05) is 0 Å². The number of aromatic nitrogens is 2. The molecule has 0 amide bonds. The fraction of sp³-hybridized carbons (Fsp3) is 0.750. The second-order valence-electron chi connectivity index (χ2n) is 5.57. The quantitative estimate of drug-likeness (QED) is 0.783. The molecule has 7 heteroatoms. The van der Waals surface area contributed by atoms with Gasteiger partial charge < -0.3 is 0 Å². The van der Waals surface area contributed by atoms with Crippen molar-refractivity contribution in [3.05, 3.63) is 11.8 Å². The van der Waals surface area contributed by atoms with Gasteiger partial charge in [-0.25, -0.2) is 8.42 Å². The summed E-state index contributed by atoms with van der Waals surface area (Å²) in [5.41, 5.74) is 0.554. The summed E-state index contributed by atoms with van der Waals surface area (Å²) in [6.07, 6.45) is 6.06. The molecule has 0 aromatic carbocycles. The number of hydrogen-bond acceptors (Lipinski definition) is 3. The zero-order valence-electron chi connectivity index (χ0n) is 10.7. The number of sulfonamides is 1. The molecule has 0 unspecified atom stereocenters. The third kappa shape index (κ3) is 2.95. The fourth-order valence-electron chi connectivity index (χ4n) is 2.19. The summed E-state index contributed by atoms with van der Waals surface area (Å²) in [7, 11) is -3.48. The highest BCUT2D eigenvalue weighted by atomic mass is 35.5. The first-order chi connectivity index (χ1) is 9.11. The summed E-state index contributed by atoms with van der Waals surface area (Å²) in [5.74, 6) is 1.23. The Hall–Kier alpha value is -0.590. The van der Waals surface area contributed by atoms with Gasteiger partial charge in [0, 0.05) is 18.7 Å². The number of rotatable bonds is 7. The number of hydrogen-bond donors (Lipinski definition) is 1. The molecular weight excluding hydrogens is 286 g/mol. The van der Waals surface area contributed by atoms with Gasteiger partial charge in [0.2, 0.25) is 0 Å². The van der Waals surface area contributed by atoms with Gasteiger partial charge in [0.1, 0.15) is 0 Å². The normalized spacial score (nSPS) is 20.1. The molecule has 2 aliphatic carbocycles. The number of nitrogens with one attached hydrogen (secondary N) is 1. The summed E-state index contributed by atoms with van der Waals surface area (Å²) in [4.78, 5) is 0. The Bertz CT molecular complexity index is 535. The van der Waals surface area contributed by atoms with E-state index in [1.807, 2.05) is 0 Å². The van der Waals surface area contributed by atoms with E-state index in [1.54, 1.807) is 4.31 Å². The maximum Gasteiger partial charge on any atom is 0.260 e. The van der Waals surface area contributed by atoms with Crippen LogP contribution in [-0.4, -0.2) is 36.0 Å². The van der Waals surface area contributed by atoms with Crippen LogP contribution < -0.4 is 0 Å². The van der Waals surface area contributed by atoms with Crippen molar-refractivity contribution in [1.82, 2.24) is 14.5 Å². The lowest BCUT2D eigenvalue weighted by molar-refractivity contribution is 0.380. The van der Waals surface area contributed by atoms with E-state index in [9.17, 15) is 8.42 Å². The summed E-state index contributed by atoms with van der Waals surface area (Å²) >= 11 is 5.78. The number of aromatic amines is 1. The third-order valence-corrected chi connectivity index (χ3v) is 5.87. The lowest BCUT2D eigenvalue weighted by atomic mass is 10.4. The number of H-pyrrole nitrogens is 1. The molecule has 1 heterocycles. The van der Waals surface area contributed by atoms with E-state index in [0.29, 0.717) is 30.5 Å². The van der Waals surface area contributed by atoms with Crippen molar-refractivity contribution in [2.24, 2.45) is 11.8 Å². The van der Waals surface area contributed by atoms with Crippen molar-refractivity contribution in [3.8, 4) is 0 Å². The summed E-state index contributed by atoms with van der Waals surface area (Å²) in [6.45, 7) is 1.28. The molecule has 19 heavy (non-hydrogen) atoms. The monoisotopic (exact) mass is 303 g/mol. The van der Waals surface area contributed by atoms with Gasteiger partial charge in [-0.3, -0.25) is 5.10 Å². The minimum Gasteiger partial charge on any atom is -0.266 e. The SMILES string of the molecule is O=S(=O)(c1[nH]ncc1CCl)N(CC1CC1)CC1CC1. The van der Waals surface area contributed by atoms with Gasteiger partial charge in [-0.2, -0.15) is 9.40 Å². The zero-order valence-corrected chi connectivity index (χ0v) is 12.3.